The molecule has 3 heterocycles. The van der Waals surface area contributed by atoms with E-state index in [0.717, 1.165) is 95.0 Å². The maximum atomic E-state index is 6.45. The van der Waals surface area contributed by atoms with Crippen LogP contribution in [0.1, 0.15) is 0 Å². The van der Waals surface area contributed by atoms with Crippen molar-refractivity contribution < 1.29 is 9.15 Å². The summed E-state index contributed by atoms with van der Waals surface area (Å²) in [5.74, 6) is 1.74. The molecule has 12 aromatic rings. The lowest BCUT2D eigenvalue weighted by Crippen LogP contribution is -2.11. The van der Waals surface area contributed by atoms with E-state index < -0.39 is 0 Å². The second kappa shape index (κ2) is 13.6. The summed E-state index contributed by atoms with van der Waals surface area (Å²) >= 11 is 0. The Morgan fingerprint density at radius 3 is 2.00 bits per heavy atom. The van der Waals surface area contributed by atoms with Gasteiger partial charge in [0.25, 0.3) is 0 Å². The van der Waals surface area contributed by atoms with Crippen molar-refractivity contribution in [3.63, 3.8) is 0 Å². The molecule has 13 rings (SSSR count). The summed E-state index contributed by atoms with van der Waals surface area (Å²) in [4.78, 5) is 2.41. The molecule has 0 unspecified atom stereocenters. The van der Waals surface area contributed by atoms with Crippen molar-refractivity contribution in [3.8, 4) is 50.6 Å². The Hall–Kier alpha value is -8.34. The summed E-state index contributed by atoms with van der Waals surface area (Å²) in [6.45, 7) is 0. The Labute approximate surface area is 357 Å². The molecular formula is C58H36N2O2. The van der Waals surface area contributed by atoms with Gasteiger partial charge in [-0.05, 0) is 111 Å². The fourth-order valence-electron chi connectivity index (χ4n) is 9.82. The highest BCUT2D eigenvalue weighted by atomic mass is 16.5. The molecule has 1 aliphatic rings. The number of hydrogen-bond acceptors (Lipinski definition) is 3. The highest BCUT2D eigenvalue weighted by molar-refractivity contribution is 6.14. The Balaban J connectivity index is 0.998. The van der Waals surface area contributed by atoms with Crippen molar-refractivity contribution in [1.82, 2.24) is 4.57 Å². The number of anilines is 3. The van der Waals surface area contributed by atoms with Crippen LogP contribution in [0.3, 0.4) is 0 Å². The summed E-state index contributed by atoms with van der Waals surface area (Å²) in [6, 6.07) is 78.1. The second-order valence-electron chi connectivity index (χ2n) is 16.0. The van der Waals surface area contributed by atoms with E-state index in [1.807, 2.05) is 24.3 Å². The number of rotatable bonds is 6. The summed E-state index contributed by atoms with van der Waals surface area (Å²) < 4.78 is 15.1. The molecule has 290 valence electrons. The lowest BCUT2D eigenvalue weighted by Gasteiger charge is -2.28. The largest absolute Gasteiger partial charge is 0.456 e. The van der Waals surface area contributed by atoms with Crippen molar-refractivity contribution in [1.29, 1.82) is 0 Å². The third-order valence-electron chi connectivity index (χ3n) is 12.6. The van der Waals surface area contributed by atoms with Crippen LogP contribution in [0.25, 0.3) is 93.6 Å². The maximum absolute atomic E-state index is 6.45. The van der Waals surface area contributed by atoms with Crippen LogP contribution in [-0.4, -0.2) is 4.57 Å². The van der Waals surface area contributed by atoms with Crippen LogP contribution in [-0.2, 0) is 0 Å². The van der Waals surface area contributed by atoms with Crippen LogP contribution < -0.4 is 9.64 Å². The SMILES string of the molecule is c1cc(-c2cccc3ccccc23)cc(N(c2ccc(-c3cccc4oc5ccccc5c34)cc2)c2ccccc2-c2ccc3c(c2)c2cccc4c2n3-c2ccccc2O4)c1. The van der Waals surface area contributed by atoms with Gasteiger partial charge in [0.1, 0.15) is 11.2 Å². The van der Waals surface area contributed by atoms with Gasteiger partial charge in [0, 0.05) is 38.5 Å². The molecule has 0 spiro atoms. The quantitative estimate of drug-likeness (QED) is 0.168. The average molecular weight is 793 g/mol. The molecule has 62 heavy (non-hydrogen) atoms. The van der Waals surface area contributed by atoms with Crippen molar-refractivity contribution in [2.24, 2.45) is 0 Å². The zero-order valence-electron chi connectivity index (χ0n) is 33.5. The number of fused-ring (bicyclic) bond motifs is 9. The lowest BCUT2D eigenvalue weighted by atomic mass is 9.96. The number of para-hydroxylation sites is 5. The summed E-state index contributed by atoms with van der Waals surface area (Å²) in [6.07, 6.45) is 0. The van der Waals surface area contributed by atoms with Crippen LogP contribution in [0, 0.1) is 0 Å². The molecule has 4 heteroatoms. The second-order valence-corrected chi connectivity index (χ2v) is 16.0. The molecule has 0 saturated carbocycles. The summed E-state index contributed by atoms with van der Waals surface area (Å²) in [5.41, 5.74) is 15.2. The highest BCUT2D eigenvalue weighted by Gasteiger charge is 2.25. The van der Waals surface area contributed by atoms with Gasteiger partial charge in [0.05, 0.1) is 22.4 Å². The zero-order valence-corrected chi connectivity index (χ0v) is 33.5. The van der Waals surface area contributed by atoms with Gasteiger partial charge in [-0.3, -0.25) is 0 Å². The fraction of sp³-hybridized carbons (Fsp3) is 0. The van der Waals surface area contributed by atoms with Gasteiger partial charge in [-0.15, -0.1) is 0 Å². The highest BCUT2D eigenvalue weighted by Crippen LogP contribution is 2.48. The molecule has 0 fully saturated rings. The van der Waals surface area contributed by atoms with Crippen LogP contribution in [0.2, 0.25) is 0 Å². The van der Waals surface area contributed by atoms with E-state index in [1.54, 1.807) is 0 Å². The van der Waals surface area contributed by atoms with Crippen LogP contribution >= 0.6 is 0 Å². The number of hydrogen-bond donors (Lipinski definition) is 0. The van der Waals surface area contributed by atoms with Gasteiger partial charge in [-0.25, -0.2) is 0 Å². The van der Waals surface area contributed by atoms with Gasteiger partial charge in [-0.1, -0.05) is 146 Å². The van der Waals surface area contributed by atoms with Gasteiger partial charge >= 0.3 is 0 Å². The number of benzene rings is 10. The standard InChI is InChI=1S/C58H36N2O2/c1-2-17-43-37(13-1)14-10-20-44(43)39-15-9-16-42(35-39)59(41-32-29-38(30-33-41)46-21-11-27-55-57(46)48-19-4-7-25-53(48)61-55)50-23-5-3-18-45(50)40-31-34-51-49(36-40)47-22-12-28-56-58(47)60(51)52-24-6-8-26-54(52)62-56/h1-36H. The molecule has 10 aromatic carbocycles. The zero-order chi connectivity index (χ0) is 40.7. The molecule has 4 nitrogen and oxygen atoms in total. The molecule has 0 atom stereocenters. The summed E-state index contributed by atoms with van der Waals surface area (Å²) in [7, 11) is 0. The van der Waals surface area contributed by atoms with Crippen molar-refractivity contribution >= 4 is 71.6 Å². The van der Waals surface area contributed by atoms with Gasteiger partial charge in [0.2, 0.25) is 0 Å². The van der Waals surface area contributed by atoms with E-state index in [1.165, 1.54) is 27.1 Å². The van der Waals surface area contributed by atoms with Crippen LogP contribution in [0.4, 0.5) is 17.1 Å². The first kappa shape index (κ1) is 34.5. The average Bonchev–Trinajstić information content (AvgIpc) is 3.89. The number of aromatic nitrogens is 1. The minimum Gasteiger partial charge on any atom is -0.456 e. The molecule has 0 N–H and O–H groups in total. The predicted molar refractivity (Wildman–Crippen MR) is 257 cm³/mol. The van der Waals surface area contributed by atoms with E-state index in [9.17, 15) is 0 Å². The molecule has 0 bridgehead atoms. The molecule has 2 aromatic heterocycles. The van der Waals surface area contributed by atoms with Gasteiger partial charge < -0.3 is 18.6 Å². The third-order valence-corrected chi connectivity index (χ3v) is 12.6. The smallest absolute Gasteiger partial charge is 0.152 e. The predicted octanol–water partition coefficient (Wildman–Crippen LogP) is 16.4. The van der Waals surface area contributed by atoms with Crippen LogP contribution in [0.15, 0.2) is 223 Å². The minimum absolute atomic E-state index is 0.863. The normalized spacial score (nSPS) is 12.0. The van der Waals surface area contributed by atoms with E-state index in [0.29, 0.717) is 0 Å². The van der Waals surface area contributed by atoms with E-state index in [2.05, 4.69) is 204 Å². The van der Waals surface area contributed by atoms with E-state index >= 15 is 0 Å². The number of nitrogens with zero attached hydrogens (tertiary/aromatic N) is 2. The molecular weight excluding hydrogens is 757 g/mol. The summed E-state index contributed by atoms with van der Waals surface area (Å²) in [5, 5.41) is 7.07. The fourth-order valence-corrected chi connectivity index (χ4v) is 9.82. The Morgan fingerprint density at radius 2 is 1.05 bits per heavy atom. The Morgan fingerprint density at radius 1 is 0.387 bits per heavy atom. The molecule has 0 radical (unpaired) electrons. The lowest BCUT2D eigenvalue weighted by molar-refractivity contribution is 0.476. The van der Waals surface area contributed by atoms with Crippen LogP contribution in [0.5, 0.6) is 11.5 Å². The molecule has 0 aliphatic carbocycles. The Bertz CT molecular complexity index is 3740. The number of ether oxygens (including phenoxy) is 1. The minimum atomic E-state index is 0.863. The first-order valence-electron chi connectivity index (χ1n) is 21.1. The Kier molecular flexibility index (Phi) is 7.57. The van der Waals surface area contributed by atoms with Crippen molar-refractivity contribution in [2.45, 2.75) is 0 Å². The maximum Gasteiger partial charge on any atom is 0.152 e. The van der Waals surface area contributed by atoms with Crippen molar-refractivity contribution in [2.75, 3.05) is 4.90 Å². The third kappa shape index (κ3) is 5.27. The molecule has 0 amide bonds. The first-order valence-corrected chi connectivity index (χ1v) is 21.1. The van der Waals surface area contributed by atoms with E-state index in [-0.39, 0.29) is 0 Å². The topological polar surface area (TPSA) is 30.5 Å². The first-order chi connectivity index (χ1) is 30.7. The van der Waals surface area contributed by atoms with Crippen molar-refractivity contribution in [3.05, 3.63) is 218 Å². The number of furan rings is 1. The molecule has 1 aliphatic heterocycles. The van der Waals surface area contributed by atoms with Gasteiger partial charge in [-0.2, -0.15) is 0 Å². The monoisotopic (exact) mass is 792 g/mol. The van der Waals surface area contributed by atoms with E-state index in [4.69, 9.17) is 9.15 Å². The van der Waals surface area contributed by atoms with Gasteiger partial charge in [0.15, 0.2) is 11.5 Å². The molecule has 0 saturated heterocycles.